The van der Waals surface area contributed by atoms with Crippen molar-refractivity contribution in [2.24, 2.45) is 0 Å². The molecule has 226 valence electrons. The maximum atomic E-state index is 13.6. The fourth-order valence-electron chi connectivity index (χ4n) is 5.02. The van der Waals surface area contributed by atoms with Crippen LogP contribution in [0, 0.1) is 0 Å². The maximum absolute atomic E-state index is 13.6. The Bertz CT molecular complexity index is 1660. The standard InChI is InChI=1S/C33H36N2O7S/c1-18(2)39-24-11-9-23(10-12-24)33(37)25(30(32(36)42-33)22-8-13-26-27(17-22)35-43-34-26)14-21-15-28(38-7)31(41-20(5)6)29(16-21)40-19(3)4/h8-13,15-20,37H,14H2,1-7H3. The number of cyclic esters (lactones) is 1. The lowest BCUT2D eigenvalue weighted by Crippen LogP contribution is -2.29. The van der Waals surface area contributed by atoms with E-state index in [2.05, 4.69) is 8.75 Å². The van der Waals surface area contributed by atoms with Crippen molar-refractivity contribution >= 4 is 34.3 Å². The molecule has 0 fully saturated rings. The lowest BCUT2D eigenvalue weighted by atomic mass is 9.87. The van der Waals surface area contributed by atoms with Gasteiger partial charge in [0.2, 0.25) is 5.75 Å². The number of rotatable bonds is 11. The second-order valence-electron chi connectivity index (χ2n) is 11.2. The van der Waals surface area contributed by atoms with Gasteiger partial charge < -0.3 is 28.8 Å². The quantitative estimate of drug-likeness (QED) is 0.193. The summed E-state index contributed by atoms with van der Waals surface area (Å²) >= 11 is 1.09. The average molecular weight is 605 g/mol. The minimum absolute atomic E-state index is 0.0182. The highest BCUT2D eigenvalue weighted by atomic mass is 32.1. The molecule has 1 aliphatic rings. The smallest absolute Gasteiger partial charge is 0.342 e. The lowest BCUT2D eigenvalue weighted by Gasteiger charge is -2.26. The number of methoxy groups -OCH3 is 1. The first-order valence-electron chi connectivity index (χ1n) is 14.2. The molecule has 0 aliphatic carbocycles. The molecule has 0 amide bonds. The summed E-state index contributed by atoms with van der Waals surface area (Å²) in [4.78, 5) is 13.6. The van der Waals surface area contributed by atoms with Crippen molar-refractivity contribution in [1.82, 2.24) is 8.75 Å². The molecule has 5 rings (SSSR count). The second kappa shape index (κ2) is 12.2. The van der Waals surface area contributed by atoms with Gasteiger partial charge in [-0.3, -0.25) is 0 Å². The first kappa shape index (κ1) is 30.3. The molecule has 1 atom stereocenters. The van der Waals surface area contributed by atoms with Crippen molar-refractivity contribution in [3.8, 4) is 23.0 Å². The molecule has 1 unspecified atom stereocenters. The van der Waals surface area contributed by atoms with Crippen LogP contribution in [0.3, 0.4) is 0 Å². The minimum Gasteiger partial charge on any atom is -0.493 e. The molecule has 1 aromatic heterocycles. The van der Waals surface area contributed by atoms with E-state index in [0.29, 0.717) is 45.2 Å². The Balaban J connectivity index is 1.67. The van der Waals surface area contributed by atoms with Crippen LogP contribution >= 0.6 is 11.7 Å². The van der Waals surface area contributed by atoms with Crippen molar-refractivity contribution in [1.29, 1.82) is 0 Å². The van der Waals surface area contributed by atoms with Crippen LogP contribution in [0.2, 0.25) is 0 Å². The number of aliphatic hydroxyl groups is 1. The van der Waals surface area contributed by atoms with Crippen LogP contribution in [-0.4, -0.2) is 45.2 Å². The number of esters is 1. The monoisotopic (exact) mass is 604 g/mol. The third kappa shape index (κ3) is 6.30. The zero-order chi connectivity index (χ0) is 30.9. The molecular formula is C33H36N2O7S. The van der Waals surface area contributed by atoms with E-state index in [4.69, 9.17) is 23.7 Å². The number of ether oxygens (including phenoxy) is 5. The van der Waals surface area contributed by atoms with Gasteiger partial charge in [0, 0.05) is 17.6 Å². The largest absolute Gasteiger partial charge is 0.493 e. The molecule has 10 heteroatoms. The third-order valence-electron chi connectivity index (χ3n) is 6.71. The number of hydrogen-bond donors (Lipinski definition) is 1. The number of nitrogens with zero attached hydrogens (tertiary/aromatic N) is 2. The molecule has 0 radical (unpaired) electrons. The summed E-state index contributed by atoms with van der Waals surface area (Å²) in [5.41, 5.74) is 3.69. The van der Waals surface area contributed by atoms with Gasteiger partial charge in [-0.2, -0.15) is 8.75 Å². The SMILES string of the molecule is COc1cc(CC2=C(c3ccc4nsnc4c3)C(=O)OC2(O)c2ccc(OC(C)C)cc2)cc(OC(C)C)c1OC(C)C. The third-order valence-corrected chi connectivity index (χ3v) is 7.27. The molecule has 1 aliphatic heterocycles. The fourth-order valence-corrected chi connectivity index (χ4v) is 5.54. The van der Waals surface area contributed by atoms with Crippen molar-refractivity contribution in [2.45, 2.75) is 72.1 Å². The van der Waals surface area contributed by atoms with Gasteiger partial charge in [0.1, 0.15) is 16.8 Å². The van der Waals surface area contributed by atoms with Gasteiger partial charge in [-0.15, -0.1) is 0 Å². The molecule has 0 saturated heterocycles. The summed E-state index contributed by atoms with van der Waals surface area (Å²) in [6.45, 7) is 11.6. The number of carbonyl (C=O) groups is 1. The van der Waals surface area contributed by atoms with Gasteiger partial charge in [-0.25, -0.2) is 4.79 Å². The van der Waals surface area contributed by atoms with Crippen molar-refractivity contribution < 1.29 is 33.6 Å². The Kier molecular flexibility index (Phi) is 8.62. The van der Waals surface area contributed by atoms with Gasteiger partial charge in [0.25, 0.3) is 5.79 Å². The lowest BCUT2D eigenvalue weighted by molar-refractivity contribution is -0.185. The molecule has 0 bridgehead atoms. The van der Waals surface area contributed by atoms with Crippen LogP contribution in [0.5, 0.6) is 23.0 Å². The van der Waals surface area contributed by atoms with Crippen LogP contribution in [0.25, 0.3) is 16.6 Å². The summed E-state index contributed by atoms with van der Waals surface area (Å²) in [5, 5.41) is 12.2. The normalized spacial score (nSPS) is 16.9. The van der Waals surface area contributed by atoms with Gasteiger partial charge >= 0.3 is 5.97 Å². The summed E-state index contributed by atoms with van der Waals surface area (Å²) in [6.07, 6.45) is -0.132. The van der Waals surface area contributed by atoms with E-state index in [1.807, 2.05) is 53.7 Å². The Morgan fingerprint density at radius 1 is 0.837 bits per heavy atom. The first-order valence-corrected chi connectivity index (χ1v) is 14.9. The van der Waals surface area contributed by atoms with E-state index in [1.165, 1.54) is 0 Å². The van der Waals surface area contributed by atoms with Crippen LogP contribution < -0.4 is 18.9 Å². The summed E-state index contributed by atoms with van der Waals surface area (Å²) in [6, 6.07) is 16.0. The molecule has 2 heterocycles. The predicted octanol–water partition coefficient (Wildman–Crippen LogP) is 6.46. The van der Waals surface area contributed by atoms with Gasteiger partial charge in [-0.05, 0) is 101 Å². The molecule has 1 N–H and O–H groups in total. The molecule has 3 aromatic carbocycles. The maximum Gasteiger partial charge on any atom is 0.342 e. The number of fused-ring (bicyclic) bond motifs is 1. The minimum atomic E-state index is -2.04. The van der Waals surface area contributed by atoms with E-state index in [-0.39, 0.29) is 30.3 Å². The Labute approximate surface area is 255 Å². The highest BCUT2D eigenvalue weighted by molar-refractivity contribution is 7.00. The number of aromatic nitrogens is 2. The zero-order valence-corrected chi connectivity index (χ0v) is 26.2. The van der Waals surface area contributed by atoms with Gasteiger partial charge in [0.05, 0.1) is 42.7 Å². The molecule has 4 aromatic rings. The average Bonchev–Trinajstić information content (AvgIpc) is 3.51. The Morgan fingerprint density at radius 2 is 1.49 bits per heavy atom. The molecule has 0 spiro atoms. The van der Waals surface area contributed by atoms with Crippen molar-refractivity contribution in [2.75, 3.05) is 7.11 Å². The van der Waals surface area contributed by atoms with Crippen LogP contribution in [0.4, 0.5) is 0 Å². The van der Waals surface area contributed by atoms with Crippen LogP contribution in [0.1, 0.15) is 58.2 Å². The summed E-state index contributed by atoms with van der Waals surface area (Å²) < 4.78 is 38.1. The molecule has 9 nitrogen and oxygen atoms in total. The second-order valence-corrected chi connectivity index (χ2v) is 11.7. The highest BCUT2D eigenvalue weighted by Crippen LogP contribution is 2.47. The summed E-state index contributed by atoms with van der Waals surface area (Å²) in [5.74, 6) is -0.590. The van der Waals surface area contributed by atoms with E-state index in [9.17, 15) is 9.90 Å². The molecule has 0 saturated carbocycles. The van der Waals surface area contributed by atoms with Gasteiger partial charge in [-0.1, -0.05) is 6.07 Å². The number of carbonyl (C=O) groups excluding carboxylic acids is 1. The Hall–Kier alpha value is -4.15. The fraction of sp³-hybridized carbons (Fsp3) is 0.364. The van der Waals surface area contributed by atoms with E-state index in [1.54, 1.807) is 49.6 Å². The number of hydrogen-bond acceptors (Lipinski definition) is 10. The molecule has 43 heavy (non-hydrogen) atoms. The zero-order valence-electron chi connectivity index (χ0n) is 25.3. The van der Waals surface area contributed by atoms with E-state index >= 15 is 0 Å². The van der Waals surface area contributed by atoms with Crippen LogP contribution in [0.15, 0.2) is 60.2 Å². The van der Waals surface area contributed by atoms with E-state index < -0.39 is 11.8 Å². The van der Waals surface area contributed by atoms with Crippen molar-refractivity contribution in [3.63, 3.8) is 0 Å². The van der Waals surface area contributed by atoms with Gasteiger partial charge in [0.15, 0.2) is 11.5 Å². The summed E-state index contributed by atoms with van der Waals surface area (Å²) in [7, 11) is 1.56. The van der Waals surface area contributed by atoms with E-state index in [0.717, 1.165) is 22.8 Å². The Morgan fingerprint density at radius 3 is 2.14 bits per heavy atom. The first-order chi connectivity index (χ1) is 20.5. The topological polar surface area (TPSA) is 109 Å². The van der Waals surface area contributed by atoms with Crippen molar-refractivity contribution in [3.05, 3.63) is 76.9 Å². The highest BCUT2D eigenvalue weighted by Gasteiger charge is 2.48. The predicted molar refractivity (Wildman–Crippen MR) is 165 cm³/mol. The van der Waals surface area contributed by atoms with Crippen LogP contribution in [-0.2, 0) is 21.7 Å². The number of benzene rings is 3. The molecular weight excluding hydrogens is 568 g/mol.